The molecule has 4 nitrogen and oxygen atoms in total. The molecule has 0 saturated carbocycles. The number of carboxylic acids is 1. The van der Waals surface area contributed by atoms with E-state index in [1.54, 1.807) is 35.3 Å². The molecular formula is C15H14BrNO3. The smallest absolute Gasteiger partial charge is 0.331 e. The van der Waals surface area contributed by atoms with Crippen LogP contribution in [0.3, 0.4) is 0 Å². The average Bonchev–Trinajstić information content (AvgIpc) is 2.48. The molecule has 20 heavy (non-hydrogen) atoms. The van der Waals surface area contributed by atoms with Gasteiger partial charge in [0.05, 0.1) is 23.3 Å². The Kier molecular flexibility index (Phi) is 4.63. The van der Waals surface area contributed by atoms with Crippen LogP contribution in [0.25, 0.3) is 0 Å². The average molecular weight is 336 g/mol. The summed E-state index contributed by atoms with van der Waals surface area (Å²) in [5, 5.41) is 9.48. The molecule has 0 radical (unpaired) electrons. The summed E-state index contributed by atoms with van der Waals surface area (Å²) < 4.78 is 6.63. The lowest BCUT2D eigenvalue weighted by Crippen LogP contribution is -2.26. The molecule has 2 rings (SSSR count). The highest BCUT2D eigenvalue weighted by Gasteiger charge is 2.26. The highest BCUT2D eigenvalue weighted by molar-refractivity contribution is 9.10. The fraction of sp³-hybridized carbons (Fsp3) is 0.133. The van der Waals surface area contributed by atoms with Crippen LogP contribution in [0.15, 0.2) is 54.6 Å². The van der Waals surface area contributed by atoms with Gasteiger partial charge in [0, 0.05) is 5.69 Å². The number of carboxylic acid groups (broad SMARTS) is 1. The van der Waals surface area contributed by atoms with Gasteiger partial charge >= 0.3 is 5.97 Å². The Hall–Kier alpha value is -2.01. The van der Waals surface area contributed by atoms with Crippen molar-refractivity contribution in [2.75, 3.05) is 11.0 Å². The van der Waals surface area contributed by atoms with Crippen LogP contribution in [-0.4, -0.2) is 18.2 Å². The van der Waals surface area contributed by atoms with Crippen molar-refractivity contribution in [3.63, 3.8) is 0 Å². The number of aliphatic carboxylic acids is 1. The summed E-state index contributed by atoms with van der Waals surface area (Å²) in [5.41, 5.74) is 1.44. The molecule has 5 heteroatoms. The number of para-hydroxylation sites is 1. The van der Waals surface area contributed by atoms with Crippen LogP contribution in [0.2, 0.25) is 0 Å². The lowest BCUT2D eigenvalue weighted by molar-refractivity contribution is -0.138. The Bertz CT molecular complexity index is 571. The van der Waals surface area contributed by atoms with Gasteiger partial charge in [-0.25, -0.2) is 4.79 Å². The number of benzene rings is 2. The molecule has 104 valence electrons. The summed E-state index contributed by atoms with van der Waals surface area (Å²) in [6.45, 7) is 0. The first-order chi connectivity index (χ1) is 9.63. The lowest BCUT2D eigenvalue weighted by atomic mass is 10.1. The first-order valence-electron chi connectivity index (χ1n) is 6.00. The minimum Gasteiger partial charge on any atom is -0.497 e. The lowest BCUT2D eigenvalue weighted by Gasteiger charge is -2.24. The number of hydrogen-bond acceptors (Lipinski definition) is 3. The molecular weight excluding hydrogens is 322 g/mol. The van der Waals surface area contributed by atoms with Crippen molar-refractivity contribution in [3.8, 4) is 5.75 Å². The number of ether oxygens (including phenoxy) is 1. The molecule has 0 bridgehead atoms. The Morgan fingerprint density at radius 1 is 1.15 bits per heavy atom. The monoisotopic (exact) mass is 335 g/mol. The zero-order valence-corrected chi connectivity index (χ0v) is 12.4. The largest absolute Gasteiger partial charge is 0.497 e. The van der Waals surface area contributed by atoms with Crippen molar-refractivity contribution in [2.24, 2.45) is 0 Å². The van der Waals surface area contributed by atoms with Gasteiger partial charge in [-0.05, 0) is 29.8 Å². The van der Waals surface area contributed by atoms with Crippen LogP contribution in [0.4, 0.5) is 5.69 Å². The molecule has 2 aromatic carbocycles. The first kappa shape index (κ1) is 14.4. The quantitative estimate of drug-likeness (QED) is 0.847. The molecule has 0 heterocycles. The molecule has 0 fully saturated rings. The second-order valence-electron chi connectivity index (χ2n) is 4.16. The Morgan fingerprint density at radius 2 is 1.75 bits per heavy atom. The number of nitrogens with zero attached hydrogens (tertiary/aromatic N) is 1. The Balaban J connectivity index is 2.33. The van der Waals surface area contributed by atoms with Crippen LogP contribution in [-0.2, 0) is 4.79 Å². The highest BCUT2D eigenvalue weighted by atomic mass is 79.9. The van der Waals surface area contributed by atoms with E-state index in [0.717, 1.165) is 5.69 Å². The molecule has 0 aromatic heterocycles. The number of anilines is 1. The fourth-order valence-corrected chi connectivity index (χ4v) is 2.52. The minimum absolute atomic E-state index is 0.666. The summed E-state index contributed by atoms with van der Waals surface area (Å²) >= 11 is 3.35. The van der Waals surface area contributed by atoms with Crippen LogP contribution < -0.4 is 8.66 Å². The van der Waals surface area contributed by atoms with Gasteiger partial charge in [-0.15, -0.1) is 0 Å². The van der Waals surface area contributed by atoms with Crippen LogP contribution >= 0.6 is 16.1 Å². The van der Waals surface area contributed by atoms with Crippen molar-refractivity contribution >= 4 is 27.8 Å². The molecule has 2 aromatic rings. The van der Waals surface area contributed by atoms with Crippen LogP contribution in [0.5, 0.6) is 5.75 Å². The second kappa shape index (κ2) is 6.43. The topological polar surface area (TPSA) is 49.8 Å². The van der Waals surface area contributed by atoms with Crippen molar-refractivity contribution in [3.05, 3.63) is 60.2 Å². The van der Waals surface area contributed by atoms with E-state index in [1.807, 2.05) is 30.3 Å². The van der Waals surface area contributed by atoms with Gasteiger partial charge in [0.2, 0.25) is 0 Å². The predicted octanol–water partition coefficient (Wildman–Crippen LogP) is 3.64. The number of methoxy groups -OCH3 is 1. The van der Waals surface area contributed by atoms with E-state index in [1.165, 1.54) is 0 Å². The molecule has 0 aliphatic carbocycles. The highest BCUT2D eigenvalue weighted by Crippen LogP contribution is 2.31. The summed E-state index contributed by atoms with van der Waals surface area (Å²) in [6, 6.07) is 15.4. The number of carbonyl (C=O) groups is 1. The molecule has 0 saturated heterocycles. The van der Waals surface area contributed by atoms with Gasteiger partial charge in [-0.1, -0.05) is 30.3 Å². The molecule has 1 atom stereocenters. The normalized spacial score (nSPS) is 11.7. The van der Waals surface area contributed by atoms with Gasteiger partial charge in [-0.3, -0.25) is 3.93 Å². The summed E-state index contributed by atoms with van der Waals surface area (Å²) in [7, 11) is 1.57. The molecule has 0 amide bonds. The minimum atomic E-state index is -0.934. The van der Waals surface area contributed by atoms with Gasteiger partial charge in [0.25, 0.3) is 0 Å². The number of rotatable bonds is 5. The van der Waals surface area contributed by atoms with Gasteiger partial charge in [0.15, 0.2) is 6.04 Å². The van der Waals surface area contributed by atoms with E-state index in [9.17, 15) is 9.90 Å². The standard InChI is InChI=1S/C15H14BrNO3/c1-20-13-9-7-11(8-10-13)14(15(18)19)17(16)12-5-3-2-4-6-12/h2-10,14H,1H3,(H,18,19). The summed E-state index contributed by atoms with van der Waals surface area (Å²) in [6.07, 6.45) is 0. The Labute approximate surface area is 125 Å². The molecule has 0 aliphatic rings. The zero-order valence-electron chi connectivity index (χ0n) is 10.9. The fourth-order valence-electron chi connectivity index (χ4n) is 1.88. The van der Waals surface area contributed by atoms with Gasteiger partial charge in [0.1, 0.15) is 5.75 Å². The first-order valence-corrected chi connectivity index (χ1v) is 6.71. The number of halogens is 1. The van der Waals surface area contributed by atoms with Crippen molar-refractivity contribution < 1.29 is 14.6 Å². The van der Waals surface area contributed by atoms with E-state index in [4.69, 9.17) is 4.74 Å². The van der Waals surface area contributed by atoms with Crippen molar-refractivity contribution in [2.45, 2.75) is 6.04 Å². The van der Waals surface area contributed by atoms with Crippen molar-refractivity contribution in [1.82, 2.24) is 0 Å². The SMILES string of the molecule is COc1ccc(C(C(=O)O)N(Br)c2ccccc2)cc1. The van der Waals surface area contributed by atoms with Crippen LogP contribution in [0.1, 0.15) is 11.6 Å². The van der Waals surface area contributed by atoms with Gasteiger partial charge in [-0.2, -0.15) is 0 Å². The number of hydrogen-bond donors (Lipinski definition) is 1. The molecule has 0 aliphatic heterocycles. The Morgan fingerprint density at radius 3 is 2.25 bits per heavy atom. The maximum absolute atomic E-state index is 11.6. The maximum atomic E-state index is 11.6. The molecule has 0 spiro atoms. The van der Waals surface area contributed by atoms with Crippen molar-refractivity contribution in [1.29, 1.82) is 0 Å². The maximum Gasteiger partial charge on any atom is 0.331 e. The predicted molar refractivity (Wildman–Crippen MR) is 81.2 cm³/mol. The van der Waals surface area contributed by atoms with Crippen LogP contribution in [0, 0.1) is 0 Å². The summed E-state index contributed by atoms with van der Waals surface area (Å²) in [5.74, 6) is -0.241. The van der Waals surface area contributed by atoms with Gasteiger partial charge < -0.3 is 9.84 Å². The second-order valence-corrected chi connectivity index (χ2v) is 4.92. The van der Waals surface area contributed by atoms with E-state index < -0.39 is 12.0 Å². The third-order valence-electron chi connectivity index (χ3n) is 2.89. The van der Waals surface area contributed by atoms with E-state index in [-0.39, 0.29) is 0 Å². The van der Waals surface area contributed by atoms with E-state index in [2.05, 4.69) is 16.1 Å². The molecule has 1 N–H and O–H groups in total. The van der Waals surface area contributed by atoms with E-state index >= 15 is 0 Å². The third-order valence-corrected chi connectivity index (χ3v) is 3.71. The zero-order chi connectivity index (χ0) is 14.5. The van der Waals surface area contributed by atoms with E-state index in [0.29, 0.717) is 11.3 Å². The molecule has 1 unspecified atom stereocenters. The third kappa shape index (κ3) is 3.11. The summed E-state index contributed by atoms with van der Waals surface area (Å²) in [4.78, 5) is 11.6.